The Hall–Kier alpha value is -1.22. The standard InChI is InChI=1S/C11H15NO2/c1-8-2-3-10-11(6-8)14-9(4-5-13)7-12-10/h2-3,6,9,12-13H,4-5,7H2,1H3/t9-/m1/s1. The van der Waals surface area contributed by atoms with Gasteiger partial charge in [0.1, 0.15) is 11.9 Å². The number of rotatable bonds is 2. The normalized spacial score (nSPS) is 19.4. The molecule has 0 radical (unpaired) electrons. The lowest BCUT2D eigenvalue weighted by atomic mass is 10.1. The van der Waals surface area contributed by atoms with E-state index >= 15 is 0 Å². The second kappa shape index (κ2) is 3.88. The predicted molar refractivity (Wildman–Crippen MR) is 55.8 cm³/mol. The molecule has 3 heteroatoms. The van der Waals surface area contributed by atoms with Crippen LogP contribution in [0.15, 0.2) is 18.2 Å². The van der Waals surface area contributed by atoms with E-state index in [-0.39, 0.29) is 12.7 Å². The molecular formula is C11H15NO2. The second-order valence-corrected chi connectivity index (χ2v) is 3.63. The highest BCUT2D eigenvalue weighted by molar-refractivity contribution is 5.59. The van der Waals surface area contributed by atoms with E-state index < -0.39 is 0 Å². The summed E-state index contributed by atoms with van der Waals surface area (Å²) >= 11 is 0. The molecule has 0 aromatic heterocycles. The first-order valence-electron chi connectivity index (χ1n) is 4.91. The molecule has 0 amide bonds. The van der Waals surface area contributed by atoms with E-state index in [9.17, 15) is 0 Å². The Balaban J connectivity index is 2.16. The first-order valence-corrected chi connectivity index (χ1v) is 4.91. The van der Waals surface area contributed by atoms with Gasteiger partial charge in [-0.25, -0.2) is 0 Å². The molecule has 1 aliphatic rings. The quantitative estimate of drug-likeness (QED) is 0.748. The highest BCUT2D eigenvalue weighted by Crippen LogP contribution is 2.30. The van der Waals surface area contributed by atoms with Crippen LogP contribution in [0.4, 0.5) is 5.69 Å². The molecular weight excluding hydrogens is 178 g/mol. The molecule has 0 spiro atoms. The van der Waals surface area contributed by atoms with Gasteiger partial charge in [0.2, 0.25) is 0 Å². The van der Waals surface area contributed by atoms with Crippen LogP contribution in [0.5, 0.6) is 5.75 Å². The van der Waals surface area contributed by atoms with Crippen molar-refractivity contribution in [2.24, 2.45) is 0 Å². The third-order valence-corrected chi connectivity index (χ3v) is 2.40. The van der Waals surface area contributed by atoms with Crippen molar-refractivity contribution in [3.63, 3.8) is 0 Å². The fourth-order valence-corrected chi connectivity index (χ4v) is 1.62. The number of hydrogen-bond donors (Lipinski definition) is 2. The van der Waals surface area contributed by atoms with E-state index in [1.165, 1.54) is 5.56 Å². The molecule has 1 atom stereocenters. The van der Waals surface area contributed by atoms with Gasteiger partial charge in [-0.15, -0.1) is 0 Å². The topological polar surface area (TPSA) is 41.5 Å². The zero-order chi connectivity index (χ0) is 9.97. The summed E-state index contributed by atoms with van der Waals surface area (Å²) in [7, 11) is 0. The SMILES string of the molecule is Cc1ccc2c(c1)O[C@H](CCO)CN2. The number of aliphatic hydroxyl groups is 1. The molecule has 1 aromatic carbocycles. The monoisotopic (exact) mass is 193 g/mol. The molecule has 0 unspecified atom stereocenters. The summed E-state index contributed by atoms with van der Waals surface area (Å²) in [6.45, 7) is 2.99. The van der Waals surface area contributed by atoms with Gasteiger partial charge in [-0.3, -0.25) is 0 Å². The molecule has 2 rings (SSSR count). The fraction of sp³-hybridized carbons (Fsp3) is 0.455. The Kier molecular flexibility index (Phi) is 2.59. The lowest BCUT2D eigenvalue weighted by molar-refractivity contribution is 0.158. The molecule has 1 aromatic rings. The largest absolute Gasteiger partial charge is 0.486 e. The molecule has 0 bridgehead atoms. The van der Waals surface area contributed by atoms with Crippen molar-refractivity contribution in [2.45, 2.75) is 19.4 Å². The summed E-state index contributed by atoms with van der Waals surface area (Å²) in [6, 6.07) is 6.10. The van der Waals surface area contributed by atoms with Gasteiger partial charge in [0.25, 0.3) is 0 Å². The second-order valence-electron chi connectivity index (χ2n) is 3.63. The molecule has 1 heterocycles. The Labute approximate surface area is 83.7 Å². The zero-order valence-electron chi connectivity index (χ0n) is 8.29. The minimum atomic E-state index is 0.0919. The summed E-state index contributed by atoms with van der Waals surface area (Å²) in [5.41, 5.74) is 2.24. The van der Waals surface area contributed by atoms with Crippen molar-refractivity contribution in [1.82, 2.24) is 0 Å². The molecule has 0 saturated heterocycles. The Morgan fingerprint density at radius 1 is 1.57 bits per heavy atom. The average molecular weight is 193 g/mol. The highest BCUT2D eigenvalue weighted by atomic mass is 16.5. The number of ether oxygens (including phenoxy) is 1. The number of nitrogens with one attached hydrogen (secondary N) is 1. The number of hydrogen-bond acceptors (Lipinski definition) is 3. The maximum Gasteiger partial charge on any atom is 0.143 e. The Bertz CT molecular complexity index is 325. The van der Waals surface area contributed by atoms with Gasteiger partial charge in [0.15, 0.2) is 0 Å². The predicted octanol–water partition coefficient (Wildman–Crippen LogP) is 1.55. The van der Waals surface area contributed by atoms with E-state index in [2.05, 4.69) is 11.4 Å². The average Bonchev–Trinajstić information content (AvgIpc) is 2.17. The van der Waals surface area contributed by atoms with Gasteiger partial charge in [-0.05, 0) is 24.6 Å². The maximum atomic E-state index is 8.81. The molecule has 1 aliphatic heterocycles. The van der Waals surface area contributed by atoms with E-state index in [1.54, 1.807) is 0 Å². The summed E-state index contributed by atoms with van der Waals surface area (Å²) in [5, 5.41) is 12.1. The molecule has 14 heavy (non-hydrogen) atoms. The van der Waals surface area contributed by atoms with E-state index in [0.29, 0.717) is 6.42 Å². The van der Waals surface area contributed by atoms with Crippen LogP contribution in [0.3, 0.4) is 0 Å². The van der Waals surface area contributed by atoms with Crippen molar-refractivity contribution < 1.29 is 9.84 Å². The van der Waals surface area contributed by atoms with Crippen LogP contribution in [0.1, 0.15) is 12.0 Å². The van der Waals surface area contributed by atoms with Crippen LogP contribution >= 0.6 is 0 Å². The van der Waals surface area contributed by atoms with Crippen LogP contribution in [-0.4, -0.2) is 24.4 Å². The molecule has 2 N–H and O–H groups in total. The smallest absolute Gasteiger partial charge is 0.143 e. The lowest BCUT2D eigenvalue weighted by Crippen LogP contribution is -2.31. The van der Waals surface area contributed by atoms with E-state index in [1.807, 2.05) is 19.1 Å². The molecule has 0 aliphatic carbocycles. The maximum absolute atomic E-state index is 8.81. The Morgan fingerprint density at radius 3 is 3.21 bits per heavy atom. The fourth-order valence-electron chi connectivity index (χ4n) is 1.62. The zero-order valence-corrected chi connectivity index (χ0v) is 8.29. The summed E-state index contributed by atoms with van der Waals surface area (Å²) in [4.78, 5) is 0. The summed E-state index contributed by atoms with van der Waals surface area (Å²) in [6.07, 6.45) is 0.773. The van der Waals surface area contributed by atoms with Crippen molar-refractivity contribution >= 4 is 5.69 Å². The van der Waals surface area contributed by atoms with Gasteiger partial charge in [0, 0.05) is 13.0 Å². The van der Waals surface area contributed by atoms with Gasteiger partial charge >= 0.3 is 0 Å². The first-order chi connectivity index (χ1) is 6.79. The number of aryl methyl sites for hydroxylation is 1. The van der Waals surface area contributed by atoms with Crippen LogP contribution < -0.4 is 10.1 Å². The third-order valence-electron chi connectivity index (χ3n) is 2.40. The minimum absolute atomic E-state index is 0.0919. The molecule has 0 saturated carbocycles. The van der Waals surface area contributed by atoms with Gasteiger partial charge in [-0.1, -0.05) is 6.07 Å². The molecule has 3 nitrogen and oxygen atoms in total. The summed E-state index contributed by atoms with van der Waals surface area (Å²) in [5.74, 6) is 0.898. The lowest BCUT2D eigenvalue weighted by Gasteiger charge is -2.27. The van der Waals surface area contributed by atoms with Gasteiger partial charge in [0.05, 0.1) is 12.2 Å². The van der Waals surface area contributed by atoms with Crippen LogP contribution in [0.2, 0.25) is 0 Å². The van der Waals surface area contributed by atoms with E-state index in [0.717, 1.165) is 18.0 Å². The van der Waals surface area contributed by atoms with E-state index in [4.69, 9.17) is 9.84 Å². The van der Waals surface area contributed by atoms with Crippen molar-refractivity contribution in [2.75, 3.05) is 18.5 Å². The Morgan fingerprint density at radius 2 is 2.43 bits per heavy atom. The van der Waals surface area contributed by atoms with Crippen LogP contribution in [-0.2, 0) is 0 Å². The third kappa shape index (κ3) is 1.82. The van der Waals surface area contributed by atoms with Crippen molar-refractivity contribution in [1.29, 1.82) is 0 Å². The minimum Gasteiger partial charge on any atom is -0.486 e. The van der Waals surface area contributed by atoms with Crippen LogP contribution in [0, 0.1) is 6.92 Å². The van der Waals surface area contributed by atoms with Gasteiger partial charge < -0.3 is 15.2 Å². The number of anilines is 1. The van der Waals surface area contributed by atoms with Crippen molar-refractivity contribution in [3.8, 4) is 5.75 Å². The van der Waals surface area contributed by atoms with Crippen LogP contribution in [0.25, 0.3) is 0 Å². The number of fused-ring (bicyclic) bond motifs is 1. The van der Waals surface area contributed by atoms with Crippen molar-refractivity contribution in [3.05, 3.63) is 23.8 Å². The number of benzene rings is 1. The summed E-state index contributed by atoms with van der Waals surface area (Å²) < 4.78 is 5.73. The molecule has 76 valence electrons. The highest BCUT2D eigenvalue weighted by Gasteiger charge is 2.18. The van der Waals surface area contributed by atoms with Gasteiger partial charge in [-0.2, -0.15) is 0 Å². The first kappa shape index (κ1) is 9.34. The number of aliphatic hydroxyl groups excluding tert-OH is 1. The molecule has 0 fully saturated rings.